The van der Waals surface area contributed by atoms with Gasteiger partial charge in [0.05, 0.1) is 0 Å². The van der Waals surface area contributed by atoms with Crippen molar-refractivity contribution in [3.8, 4) is 0 Å². The second-order valence-electron chi connectivity index (χ2n) is 4.38. The molecule has 0 atom stereocenters. The molecular weight excluding hydrogens is 254 g/mol. The van der Waals surface area contributed by atoms with E-state index in [0.717, 1.165) is 17.7 Å². The highest BCUT2D eigenvalue weighted by molar-refractivity contribution is 5.93. The minimum absolute atomic E-state index is 0.260. The Balaban J connectivity index is 2.51. The van der Waals surface area contributed by atoms with Crippen LogP contribution in [-0.4, -0.2) is 35.0 Å². The van der Waals surface area contributed by atoms with Crippen LogP contribution in [-0.2, 0) is 6.42 Å². The highest BCUT2D eigenvalue weighted by Crippen LogP contribution is 2.06. The second kappa shape index (κ2) is 7.93. The number of hydrogen-bond acceptors (Lipinski definition) is 3. The normalized spacial score (nSPS) is 9.85. The molecule has 20 heavy (non-hydrogen) atoms. The lowest BCUT2D eigenvalue weighted by atomic mass is 10.1. The van der Waals surface area contributed by atoms with Gasteiger partial charge in [-0.05, 0) is 31.4 Å². The zero-order valence-electron chi connectivity index (χ0n) is 11.7. The first-order valence-electron chi connectivity index (χ1n) is 6.47. The number of nitrogens with zero attached hydrogens (tertiary/aromatic N) is 2. The third kappa shape index (κ3) is 4.72. The van der Waals surface area contributed by atoms with Gasteiger partial charge in [0.1, 0.15) is 0 Å². The van der Waals surface area contributed by atoms with Crippen molar-refractivity contribution in [1.29, 1.82) is 5.41 Å². The molecule has 1 heterocycles. The molecule has 1 aromatic rings. The van der Waals surface area contributed by atoms with Crippen LogP contribution >= 0.6 is 0 Å². The fourth-order valence-electron chi connectivity index (χ4n) is 1.77. The van der Waals surface area contributed by atoms with Gasteiger partial charge in [-0.3, -0.25) is 15.3 Å². The Bertz CT molecular complexity index is 486. The van der Waals surface area contributed by atoms with Gasteiger partial charge in [-0.1, -0.05) is 12.1 Å². The summed E-state index contributed by atoms with van der Waals surface area (Å²) in [7, 11) is 0. The van der Waals surface area contributed by atoms with Gasteiger partial charge in [-0.15, -0.1) is 6.58 Å². The molecule has 0 aliphatic carbocycles. The predicted molar refractivity (Wildman–Crippen MR) is 79.5 cm³/mol. The number of hydrogen-bond donors (Lipinski definition) is 3. The summed E-state index contributed by atoms with van der Waals surface area (Å²) >= 11 is 0. The number of nitrogens with two attached hydrogens (primary N) is 1. The van der Waals surface area contributed by atoms with E-state index in [9.17, 15) is 4.79 Å². The summed E-state index contributed by atoms with van der Waals surface area (Å²) in [6.45, 7) is 6.26. The van der Waals surface area contributed by atoms with Crippen molar-refractivity contribution in [1.82, 2.24) is 15.2 Å². The smallest absolute Gasteiger partial charge is 0.324 e. The van der Waals surface area contributed by atoms with E-state index in [-0.39, 0.29) is 12.0 Å². The first kappa shape index (κ1) is 15.7. The van der Waals surface area contributed by atoms with Gasteiger partial charge in [-0.2, -0.15) is 0 Å². The number of amides is 2. The van der Waals surface area contributed by atoms with Crippen LogP contribution in [0.1, 0.15) is 17.7 Å². The Hall–Kier alpha value is -2.37. The molecule has 0 bridgehead atoms. The maximum absolute atomic E-state index is 11.8. The van der Waals surface area contributed by atoms with Gasteiger partial charge >= 0.3 is 6.03 Å². The molecule has 6 nitrogen and oxygen atoms in total. The number of carbonyl (C=O) groups is 1. The van der Waals surface area contributed by atoms with E-state index in [4.69, 9.17) is 11.1 Å². The first-order valence-corrected chi connectivity index (χ1v) is 6.47. The average molecular weight is 275 g/mol. The molecule has 0 saturated carbocycles. The summed E-state index contributed by atoms with van der Waals surface area (Å²) in [4.78, 5) is 17.3. The first-order chi connectivity index (χ1) is 9.56. The van der Waals surface area contributed by atoms with Gasteiger partial charge in [-0.25, -0.2) is 4.79 Å². The van der Waals surface area contributed by atoms with Crippen LogP contribution in [0.15, 0.2) is 31.0 Å². The van der Waals surface area contributed by atoms with Crippen LogP contribution in [0.3, 0.4) is 0 Å². The molecule has 0 radical (unpaired) electrons. The number of aryl methyl sites for hydroxylation is 2. The van der Waals surface area contributed by atoms with Crippen LogP contribution in [0, 0.1) is 12.3 Å². The molecule has 108 valence electrons. The van der Waals surface area contributed by atoms with Gasteiger partial charge < -0.3 is 11.1 Å². The zero-order chi connectivity index (χ0) is 15.0. The summed E-state index contributed by atoms with van der Waals surface area (Å²) in [5, 5.41) is 10.1. The van der Waals surface area contributed by atoms with E-state index in [1.165, 1.54) is 4.90 Å². The summed E-state index contributed by atoms with van der Waals surface area (Å²) < 4.78 is 0. The summed E-state index contributed by atoms with van der Waals surface area (Å²) in [6.07, 6.45) is 4.76. The molecular formula is C14H21N5O. The molecule has 0 spiro atoms. The van der Waals surface area contributed by atoms with E-state index < -0.39 is 0 Å². The lowest BCUT2D eigenvalue weighted by Crippen LogP contribution is -2.47. The van der Waals surface area contributed by atoms with Crippen LogP contribution < -0.4 is 11.1 Å². The van der Waals surface area contributed by atoms with Crippen molar-refractivity contribution in [2.24, 2.45) is 5.73 Å². The average Bonchev–Trinajstić information content (AvgIpc) is 2.42. The Labute approximate surface area is 119 Å². The molecule has 4 N–H and O–H groups in total. The molecule has 1 rings (SSSR count). The topological polar surface area (TPSA) is 95.1 Å². The van der Waals surface area contributed by atoms with Crippen molar-refractivity contribution in [3.05, 3.63) is 42.2 Å². The van der Waals surface area contributed by atoms with Crippen molar-refractivity contribution in [2.45, 2.75) is 19.8 Å². The summed E-state index contributed by atoms with van der Waals surface area (Å²) in [5.41, 5.74) is 7.55. The Morgan fingerprint density at radius 3 is 3.00 bits per heavy atom. The molecule has 0 saturated heterocycles. The molecule has 2 amide bonds. The molecule has 0 aromatic carbocycles. The molecule has 0 aliphatic heterocycles. The summed E-state index contributed by atoms with van der Waals surface area (Å²) in [6, 6.07) is 3.51. The number of aromatic nitrogens is 1. The minimum atomic E-state index is -0.379. The maximum atomic E-state index is 11.8. The number of nitrogens with one attached hydrogen (secondary N) is 2. The summed E-state index contributed by atoms with van der Waals surface area (Å²) in [5.74, 6) is -0.260. The molecule has 1 aromatic heterocycles. The zero-order valence-corrected chi connectivity index (χ0v) is 11.7. The number of rotatable bonds is 6. The second-order valence-corrected chi connectivity index (χ2v) is 4.38. The largest absolute Gasteiger partial charge is 0.370 e. The van der Waals surface area contributed by atoms with E-state index in [1.54, 1.807) is 12.3 Å². The van der Waals surface area contributed by atoms with Crippen molar-refractivity contribution < 1.29 is 4.79 Å². The number of urea groups is 1. The fourth-order valence-corrected chi connectivity index (χ4v) is 1.77. The quantitative estimate of drug-likeness (QED) is 0.416. The lowest BCUT2D eigenvalue weighted by Gasteiger charge is -2.20. The monoisotopic (exact) mass is 275 g/mol. The molecule has 0 aliphatic rings. The number of carbonyl (C=O) groups excluding carboxylic acids is 1. The van der Waals surface area contributed by atoms with Crippen molar-refractivity contribution in [2.75, 3.05) is 13.1 Å². The van der Waals surface area contributed by atoms with E-state index in [1.807, 2.05) is 19.1 Å². The van der Waals surface area contributed by atoms with E-state index >= 15 is 0 Å². The van der Waals surface area contributed by atoms with Gasteiger partial charge in [0, 0.05) is 25.0 Å². The van der Waals surface area contributed by atoms with E-state index in [0.29, 0.717) is 19.5 Å². The highest BCUT2D eigenvalue weighted by atomic mass is 16.2. The standard InChI is InChI=1S/C14H21N5O/c1-3-8-18-14(20)19(13(15)16)10-5-7-12-11(2)6-4-9-17-12/h3-4,6,9H,1,5,7-8,10H2,2H3,(H3,15,16)(H,18,20). The van der Waals surface area contributed by atoms with Crippen molar-refractivity contribution >= 4 is 12.0 Å². The molecule has 0 fully saturated rings. The van der Waals surface area contributed by atoms with E-state index in [2.05, 4.69) is 16.9 Å². The Morgan fingerprint density at radius 1 is 1.65 bits per heavy atom. The third-order valence-electron chi connectivity index (χ3n) is 2.85. The Kier molecular flexibility index (Phi) is 6.22. The third-order valence-corrected chi connectivity index (χ3v) is 2.85. The van der Waals surface area contributed by atoms with Crippen LogP contribution in [0.2, 0.25) is 0 Å². The lowest BCUT2D eigenvalue weighted by molar-refractivity contribution is 0.220. The maximum Gasteiger partial charge on any atom is 0.324 e. The van der Waals surface area contributed by atoms with Gasteiger partial charge in [0.2, 0.25) is 0 Å². The predicted octanol–water partition coefficient (Wildman–Crippen LogP) is 1.41. The SMILES string of the molecule is C=CCNC(=O)N(CCCc1ncccc1C)C(=N)N. The minimum Gasteiger partial charge on any atom is -0.370 e. The molecule has 0 unspecified atom stereocenters. The fraction of sp³-hybridized carbons (Fsp3) is 0.357. The number of pyridine rings is 1. The highest BCUT2D eigenvalue weighted by Gasteiger charge is 2.15. The van der Waals surface area contributed by atoms with Crippen LogP contribution in [0.5, 0.6) is 0 Å². The van der Waals surface area contributed by atoms with Gasteiger partial charge in [0.15, 0.2) is 5.96 Å². The van der Waals surface area contributed by atoms with Gasteiger partial charge in [0.25, 0.3) is 0 Å². The van der Waals surface area contributed by atoms with Crippen molar-refractivity contribution in [3.63, 3.8) is 0 Å². The Morgan fingerprint density at radius 2 is 2.40 bits per heavy atom. The van der Waals surface area contributed by atoms with Crippen LogP contribution in [0.25, 0.3) is 0 Å². The molecule has 6 heteroatoms. The van der Waals surface area contributed by atoms with Crippen LogP contribution in [0.4, 0.5) is 4.79 Å². The number of guanidine groups is 1.